The molecule has 2 nitrogen and oxygen atoms in total. The summed E-state index contributed by atoms with van der Waals surface area (Å²) in [6.07, 6.45) is 3.66. The van der Waals surface area contributed by atoms with Gasteiger partial charge >= 0.3 is 0 Å². The Morgan fingerprint density at radius 3 is 2.93 bits per heavy atom. The summed E-state index contributed by atoms with van der Waals surface area (Å²) in [4.78, 5) is 0. The van der Waals surface area contributed by atoms with E-state index in [0.717, 1.165) is 30.4 Å². The van der Waals surface area contributed by atoms with Crippen LogP contribution >= 0.6 is 0 Å². The Morgan fingerprint density at radius 2 is 2.20 bits per heavy atom. The first-order chi connectivity index (χ1) is 7.17. The zero-order valence-electron chi connectivity index (χ0n) is 9.24. The van der Waals surface area contributed by atoms with Gasteiger partial charge in [0, 0.05) is 6.04 Å². The van der Waals surface area contributed by atoms with Crippen molar-refractivity contribution in [3.8, 4) is 0 Å². The van der Waals surface area contributed by atoms with E-state index >= 15 is 0 Å². The molecular weight excluding hydrogens is 186 g/mol. The Morgan fingerprint density at radius 1 is 1.47 bits per heavy atom. The molecule has 2 rings (SSSR count). The van der Waals surface area contributed by atoms with Gasteiger partial charge in [-0.1, -0.05) is 44.0 Å². The molecule has 2 unspecified atom stereocenters. The Hall–Kier alpha value is -0.860. The molecule has 0 radical (unpaired) electrons. The highest BCUT2D eigenvalue weighted by Gasteiger charge is 2.39. The van der Waals surface area contributed by atoms with Crippen LogP contribution in [0.3, 0.4) is 0 Å². The van der Waals surface area contributed by atoms with E-state index in [1.165, 1.54) is 0 Å². The summed E-state index contributed by atoms with van der Waals surface area (Å²) >= 11 is 0. The van der Waals surface area contributed by atoms with Gasteiger partial charge in [-0.15, -0.1) is 0 Å². The minimum atomic E-state index is -0.675. The Labute approximate surface area is 91.1 Å². The van der Waals surface area contributed by atoms with Crippen LogP contribution in [0.2, 0.25) is 0 Å². The molecule has 1 aromatic rings. The van der Waals surface area contributed by atoms with Crippen LogP contribution in [-0.4, -0.2) is 5.11 Å². The van der Waals surface area contributed by atoms with E-state index in [9.17, 15) is 5.11 Å². The maximum absolute atomic E-state index is 10.6. The van der Waals surface area contributed by atoms with Crippen molar-refractivity contribution in [2.75, 3.05) is 0 Å². The van der Waals surface area contributed by atoms with Gasteiger partial charge in [0.15, 0.2) is 0 Å². The maximum atomic E-state index is 10.6. The van der Waals surface area contributed by atoms with Crippen LogP contribution in [0.15, 0.2) is 24.3 Å². The monoisotopic (exact) mass is 205 g/mol. The molecule has 15 heavy (non-hydrogen) atoms. The van der Waals surface area contributed by atoms with E-state index < -0.39 is 5.60 Å². The third kappa shape index (κ3) is 1.80. The largest absolute Gasteiger partial charge is 0.385 e. The highest BCUT2D eigenvalue weighted by atomic mass is 16.3. The molecule has 0 amide bonds. The van der Waals surface area contributed by atoms with Crippen LogP contribution in [0.25, 0.3) is 0 Å². The van der Waals surface area contributed by atoms with Crippen molar-refractivity contribution < 1.29 is 5.11 Å². The number of hydrogen-bond acceptors (Lipinski definition) is 2. The maximum Gasteiger partial charge on any atom is 0.0917 e. The van der Waals surface area contributed by atoms with E-state index in [4.69, 9.17) is 5.73 Å². The highest BCUT2D eigenvalue weighted by Crippen LogP contribution is 2.44. The number of hydrogen-bond donors (Lipinski definition) is 2. The highest BCUT2D eigenvalue weighted by molar-refractivity contribution is 5.39. The van der Waals surface area contributed by atoms with Crippen molar-refractivity contribution >= 4 is 0 Å². The topological polar surface area (TPSA) is 46.2 Å². The Bertz CT molecular complexity index is 350. The standard InChI is InChI=1S/C13H19NO/c1-2-3-8-13(15)9-12(14)10-6-4-5-7-11(10)13/h4-7,12,15H,2-3,8-9,14H2,1H3. The minimum absolute atomic E-state index is 0.00283. The van der Waals surface area contributed by atoms with Gasteiger partial charge in [-0.2, -0.15) is 0 Å². The number of rotatable bonds is 3. The molecule has 0 saturated heterocycles. The molecule has 2 heteroatoms. The smallest absolute Gasteiger partial charge is 0.0917 e. The second-order valence-corrected chi connectivity index (χ2v) is 4.53. The predicted molar refractivity (Wildman–Crippen MR) is 61.4 cm³/mol. The molecule has 0 aromatic heterocycles. The average Bonchev–Trinajstić information content (AvgIpc) is 2.50. The van der Waals surface area contributed by atoms with Crippen LogP contribution in [0.5, 0.6) is 0 Å². The molecule has 1 aliphatic rings. The van der Waals surface area contributed by atoms with Crippen molar-refractivity contribution in [3.05, 3.63) is 35.4 Å². The summed E-state index contributed by atoms with van der Waals surface area (Å²) in [7, 11) is 0. The van der Waals surface area contributed by atoms with Gasteiger partial charge < -0.3 is 10.8 Å². The fourth-order valence-corrected chi connectivity index (χ4v) is 2.53. The van der Waals surface area contributed by atoms with Gasteiger partial charge in [0.25, 0.3) is 0 Å². The number of benzene rings is 1. The zero-order valence-corrected chi connectivity index (χ0v) is 9.24. The molecule has 82 valence electrons. The summed E-state index contributed by atoms with van der Waals surface area (Å²) in [5.74, 6) is 0. The summed E-state index contributed by atoms with van der Waals surface area (Å²) < 4.78 is 0. The molecule has 0 heterocycles. The molecule has 0 saturated carbocycles. The van der Waals surface area contributed by atoms with Crippen LogP contribution in [0.1, 0.15) is 49.8 Å². The quantitative estimate of drug-likeness (QED) is 0.796. The first kappa shape index (κ1) is 10.7. The summed E-state index contributed by atoms with van der Waals surface area (Å²) in [6.45, 7) is 2.14. The van der Waals surface area contributed by atoms with Gasteiger partial charge in [-0.3, -0.25) is 0 Å². The van der Waals surface area contributed by atoms with Crippen LogP contribution < -0.4 is 5.73 Å². The normalized spacial score (nSPS) is 29.1. The van der Waals surface area contributed by atoms with E-state index in [-0.39, 0.29) is 6.04 Å². The lowest BCUT2D eigenvalue weighted by Gasteiger charge is -2.23. The molecule has 0 bridgehead atoms. The van der Waals surface area contributed by atoms with Crippen molar-refractivity contribution in [2.24, 2.45) is 5.73 Å². The number of aliphatic hydroxyl groups is 1. The van der Waals surface area contributed by atoms with E-state index in [1.54, 1.807) is 0 Å². The van der Waals surface area contributed by atoms with Crippen molar-refractivity contribution in [1.29, 1.82) is 0 Å². The lowest BCUT2D eigenvalue weighted by Crippen LogP contribution is -2.23. The molecular formula is C13H19NO. The number of unbranched alkanes of at least 4 members (excludes halogenated alkanes) is 1. The van der Waals surface area contributed by atoms with Gasteiger partial charge in [0.1, 0.15) is 0 Å². The minimum Gasteiger partial charge on any atom is -0.385 e. The van der Waals surface area contributed by atoms with Crippen LogP contribution in [0, 0.1) is 0 Å². The SMILES string of the molecule is CCCCC1(O)CC(N)c2ccccc21. The van der Waals surface area contributed by atoms with Crippen LogP contribution in [0.4, 0.5) is 0 Å². The predicted octanol–water partition coefficient (Wildman–Crippen LogP) is 2.47. The zero-order chi connectivity index (χ0) is 10.9. The molecule has 0 fully saturated rings. The summed E-state index contributed by atoms with van der Waals surface area (Å²) in [5, 5.41) is 10.6. The van der Waals surface area contributed by atoms with E-state index in [1.807, 2.05) is 24.3 Å². The molecule has 1 aliphatic carbocycles. The average molecular weight is 205 g/mol. The fraction of sp³-hybridized carbons (Fsp3) is 0.538. The first-order valence-corrected chi connectivity index (χ1v) is 5.75. The van der Waals surface area contributed by atoms with Crippen molar-refractivity contribution in [2.45, 2.75) is 44.2 Å². The molecule has 0 aliphatic heterocycles. The second-order valence-electron chi connectivity index (χ2n) is 4.53. The van der Waals surface area contributed by atoms with Gasteiger partial charge in [0.05, 0.1) is 5.60 Å². The lowest BCUT2D eigenvalue weighted by molar-refractivity contribution is 0.0227. The molecule has 2 atom stereocenters. The van der Waals surface area contributed by atoms with E-state index in [0.29, 0.717) is 6.42 Å². The Kier molecular flexibility index (Phi) is 2.81. The number of fused-ring (bicyclic) bond motifs is 1. The van der Waals surface area contributed by atoms with Crippen LogP contribution in [-0.2, 0) is 5.60 Å². The molecule has 0 spiro atoms. The number of nitrogens with two attached hydrogens (primary N) is 1. The fourth-order valence-electron chi connectivity index (χ4n) is 2.53. The summed E-state index contributed by atoms with van der Waals surface area (Å²) in [6, 6.07) is 8.02. The van der Waals surface area contributed by atoms with Gasteiger partial charge in [-0.05, 0) is 24.0 Å². The third-order valence-electron chi connectivity index (χ3n) is 3.36. The Balaban J connectivity index is 2.30. The van der Waals surface area contributed by atoms with Crippen molar-refractivity contribution in [3.63, 3.8) is 0 Å². The third-order valence-corrected chi connectivity index (χ3v) is 3.36. The summed E-state index contributed by atoms with van der Waals surface area (Å²) in [5.41, 5.74) is 7.53. The molecule has 3 N–H and O–H groups in total. The first-order valence-electron chi connectivity index (χ1n) is 5.75. The lowest BCUT2D eigenvalue weighted by atomic mass is 9.90. The second kappa shape index (κ2) is 3.95. The van der Waals surface area contributed by atoms with Crippen molar-refractivity contribution in [1.82, 2.24) is 0 Å². The van der Waals surface area contributed by atoms with Gasteiger partial charge in [0.2, 0.25) is 0 Å². The molecule has 1 aromatic carbocycles. The van der Waals surface area contributed by atoms with E-state index in [2.05, 4.69) is 6.92 Å². The van der Waals surface area contributed by atoms with Gasteiger partial charge in [-0.25, -0.2) is 0 Å².